The Labute approximate surface area is 115 Å². The van der Waals surface area contributed by atoms with Gasteiger partial charge in [-0.3, -0.25) is 4.98 Å². The molecular formula is C12H11N3O4S. The minimum absolute atomic E-state index is 0.188. The number of benzene rings is 1. The van der Waals surface area contributed by atoms with Gasteiger partial charge in [0.2, 0.25) is 0 Å². The second kappa shape index (κ2) is 5.66. The molecule has 0 saturated heterocycles. The molecule has 1 aromatic heterocycles. The zero-order valence-corrected chi connectivity index (χ0v) is 11.3. The van der Waals surface area contributed by atoms with Crippen molar-refractivity contribution in [3.05, 3.63) is 48.4 Å². The average Bonchev–Trinajstić information content (AvgIpc) is 2.39. The van der Waals surface area contributed by atoms with Gasteiger partial charge in [-0.05, 0) is 19.1 Å². The monoisotopic (exact) mass is 293 g/mol. The van der Waals surface area contributed by atoms with Crippen molar-refractivity contribution >= 4 is 16.1 Å². The zero-order valence-electron chi connectivity index (χ0n) is 10.5. The van der Waals surface area contributed by atoms with Crippen LogP contribution in [0.25, 0.3) is 0 Å². The van der Waals surface area contributed by atoms with Crippen LogP contribution in [0.4, 0.5) is 4.79 Å². The Morgan fingerprint density at radius 2 is 1.80 bits per heavy atom. The van der Waals surface area contributed by atoms with E-state index in [-0.39, 0.29) is 16.5 Å². The van der Waals surface area contributed by atoms with E-state index < -0.39 is 16.1 Å². The summed E-state index contributed by atoms with van der Waals surface area (Å²) in [6.07, 6.45) is 1.47. The smallest absolute Gasteiger partial charge is 0.410 e. The number of para-hydroxylation sites is 1. The highest BCUT2D eigenvalue weighted by Crippen LogP contribution is 2.11. The van der Waals surface area contributed by atoms with Gasteiger partial charge in [0.15, 0.2) is 5.03 Å². The molecule has 0 aliphatic rings. The quantitative estimate of drug-likeness (QED) is 0.914. The van der Waals surface area contributed by atoms with Crippen LogP contribution in [-0.2, 0) is 10.0 Å². The first-order chi connectivity index (χ1) is 9.49. The van der Waals surface area contributed by atoms with Crippen molar-refractivity contribution in [2.75, 3.05) is 0 Å². The molecular weight excluding hydrogens is 282 g/mol. The summed E-state index contributed by atoms with van der Waals surface area (Å²) in [5.74, 6) is 0.232. The number of ether oxygens (including phenoxy) is 1. The number of rotatable bonds is 3. The van der Waals surface area contributed by atoms with Crippen molar-refractivity contribution < 1.29 is 17.9 Å². The third-order valence-electron chi connectivity index (χ3n) is 2.26. The molecule has 0 fully saturated rings. The predicted molar refractivity (Wildman–Crippen MR) is 69.6 cm³/mol. The van der Waals surface area contributed by atoms with Gasteiger partial charge in [-0.25, -0.2) is 14.5 Å². The van der Waals surface area contributed by atoms with Gasteiger partial charge in [0, 0.05) is 12.4 Å². The van der Waals surface area contributed by atoms with Gasteiger partial charge in [-0.1, -0.05) is 18.2 Å². The van der Waals surface area contributed by atoms with E-state index in [2.05, 4.69) is 9.97 Å². The maximum atomic E-state index is 11.9. The highest BCUT2D eigenvalue weighted by molar-refractivity contribution is 7.90. The van der Waals surface area contributed by atoms with Gasteiger partial charge >= 0.3 is 6.09 Å². The molecule has 20 heavy (non-hydrogen) atoms. The maximum Gasteiger partial charge on any atom is 0.426 e. The van der Waals surface area contributed by atoms with E-state index in [9.17, 15) is 13.2 Å². The molecule has 0 bridgehead atoms. The fraction of sp³-hybridized carbons (Fsp3) is 0.0833. The summed E-state index contributed by atoms with van der Waals surface area (Å²) in [6.45, 7) is 1.48. The number of aryl methyl sites for hydroxylation is 1. The first kappa shape index (κ1) is 13.9. The van der Waals surface area contributed by atoms with Crippen LogP contribution in [0, 0.1) is 6.92 Å². The molecule has 0 aliphatic heterocycles. The van der Waals surface area contributed by atoms with Gasteiger partial charge in [-0.2, -0.15) is 8.42 Å². The van der Waals surface area contributed by atoms with Crippen LogP contribution in [-0.4, -0.2) is 24.5 Å². The lowest BCUT2D eigenvalue weighted by molar-refractivity contribution is 0.207. The molecule has 1 amide bonds. The third kappa shape index (κ3) is 3.29. The van der Waals surface area contributed by atoms with Crippen LogP contribution in [0.2, 0.25) is 0 Å². The van der Waals surface area contributed by atoms with E-state index in [1.54, 1.807) is 22.9 Å². The normalized spacial score (nSPS) is 10.8. The number of nitrogens with one attached hydrogen (secondary N) is 1. The molecule has 0 aliphatic carbocycles. The molecule has 0 spiro atoms. The summed E-state index contributed by atoms with van der Waals surface area (Å²) in [7, 11) is -4.11. The summed E-state index contributed by atoms with van der Waals surface area (Å²) in [5.41, 5.74) is 0.188. The molecule has 1 N–H and O–H groups in total. The molecule has 0 saturated carbocycles. The van der Waals surface area contributed by atoms with Gasteiger partial charge < -0.3 is 4.74 Å². The number of carbonyl (C=O) groups excluding carboxylic acids is 1. The molecule has 0 unspecified atom stereocenters. The minimum atomic E-state index is -4.11. The lowest BCUT2D eigenvalue weighted by atomic mass is 10.3. The lowest BCUT2D eigenvalue weighted by Gasteiger charge is -2.08. The topological polar surface area (TPSA) is 98.3 Å². The molecule has 104 valence electrons. The van der Waals surface area contributed by atoms with Crippen LogP contribution in [0.1, 0.15) is 5.69 Å². The summed E-state index contributed by atoms with van der Waals surface area (Å²) in [5, 5.41) is -0.315. The van der Waals surface area contributed by atoms with Crippen LogP contribution in [0.15, 0.2) is 47.8 Å². The Hall–Kier alpha value is -2.48. The molecule has 8 heteroatoms. The van der Waals surface area contributed by atoms with Crippen molar-refractivity contribution in [2.24, 2.45) is 0 Å². The Morgan fingerprint density at radius 3 is 2.45 bits per heavy atom. The van der Waals surface area contributed by atoms with Crippen LogP contribution in [0.3, 0.4) is 0 Å². The average molecular weight is 293 g/mol. The largest absolute Gasteiger partial charge is 0.426 e. The summed E-state index contributed by atoms with van der Waals surface area (Å²) >= 11 is 0. The van der Waals surface area contributed by atoms with Crippen molar-refractivity contribution in [1.29, 1.82) is 0 Å². The van der Waals surface area contributed by atoms with Crippen LogP contribution < -0.4 is 9.46 Å². The van der Waals surface area contributed by atoms with Crippen molar-refractivity contribution in [3.8, 4) is 5.75 Å². The summed E-state index contributed by atoms with van der Waals surface area (Å²) in [6, 6.07) is 8.11. The summed E-state index contributed by atoms with van der Waals surface area (Å²) in [4.78, 5) is 19.0. The summed E-state index contributed by atoms with van der Waals surface area (Å²) < 4.78 is 30.5. The lowest BCUT2D eigenvalue weighted by Crippen LogP contribution is -2.34. The van der Waals surface area contributed by atoms with Gasteiger partial charge in [0.05, 0.1) is 5.69 Å². The second-order valence-corrected chi connectivity index (χ2v) is 5.35. The number of sulfonamides is 1. The molecule has 0 atom stereocenters. The van der Waals surface area contributed by atoms with E-state index in [1.165, 1.54) is 31.5 Å². The Morgan fingerprint density at radius 1 is 1.15 bits per heavy atom. The molecule has 7 nitrogen and oxygen atoms in total. The molecule has 2 aromatic rings. The second-order valence-electron chi connectivity index (χ2n) is 3.75. The van der Waals surface area contributed by atoms with Gasteiger partial charge in [-0.15, -0.1) is 0 Å². The highest BCUT2D eigenvalue weighted by Gasteiger charge is 2.22. The van der Waals surface area contributed by atoms with Crippen LogP contribution >= 0.6 is 0 Å². The predicted octanol–water partition coefficient (Wildman–Crippen LogP) is 1.26. The van der Waals surface area contributed by atoms with Crippen molar-refractivity contribution in [3.63, 3.8) is 0 Å². The standard InChI is InChI=1S/C12H11N3O4S/c1-9-11(14-8-7-13-9)20(17,18)15-12(16)19-10-5-3-2-4-6-10/h2-8H,1H3,(H,15,16). The molecule has 1 aromatic carbocycles. The third-order valence-corrected chi connectivity index (χ3v) is 3.61. The van der Waals surface area contributed by atoms with Crippen molar-refractivity contribution in [1.82, 2.24) is 14.7 Å². The molecule has 1 heterocycles. The zero-order chi connectivity index (χ0) is 14.6. The van der Waals surface area contributed by atoms with E-state index in [1.807, 2.05) is 0 Å². The van der Waals surface area contributed by atoms with Crippen LogP contribution in [0.5, 0.6) is 5.75 Å². The van der Waals surface area contributed by atoms with Gasteiger partial charge in [0.25, 0.3) is 10.0 Å². The SMILES string of the molecule is Cc1nccnc1S(=O)(=O)NC(=O)Oc1ccccc1. The van der Waals surface area contributed by atoms with E-state index in [0.29, 0.717) is 0 Å². The van der Waals surface area contributed by atoms with E-state index in [4.69, 9.17) is 4.74 Å². The fourth-order valence-corrected chi connectivity index (χ4v) is 2.43. The Bertz CT molecular complexity index is 716. The van der Waals surface area contributed by atoms with Gasteiger partial charge in [0.1, 0.15) is 5.75 Å². The molecule has 2 rings (SSSR count). The first-order valence-corrected chi connectivity index (χ1v) is 7.04. The van der Waals surface area contributed by atoms with E-state index in [0.717, 1.165) is 0 Å². The fourth-order valence-electron chi connectivity index (χ4n) is 1.43. The highest BCUT2D eigenvalue weighted by atomic mass is 32.2. The first-order valence-electron chi connectivity index (χ1n) is 5.56. The van der Waals surface area contributed by atoms with E-state index >= 15 is 0 Å². The minimum Gasteiger partial charge on any atom is -0.410 e. The Kier molecular flexibility index (Phi) is 3.94. The number of hydrogen-bond donors (Lipinski definition) is 1. The molecule has 0 radical (unpaired) electrons. The number of amides is 1. The number of aromatic nitrogens is 2. The number of carbonyl (C=O) groups is 1. The van der Waals surface area contributed by atoms with Crippen molar-refractivity contribution in [2.45, 2.75) is 11.9 Å². The maximum absolute atomic E-state index is 11.9. The number of hydrogen-bond acceptors (Lipinski definition) is 6. The Balaban J connectivity index is 2.13. The number of nitrogens with zero attached hydrogens (tertiary/aromatic N) is 2.